The van der Waals surface area contributed by atoms with Gasteiger partial charge in [0.2, 0.25) is 5.91 Å². The van der Waals surface area contributed by atoms with E-state index in [0.717, 1.165) is 24.5 Å². The number of rotatable bonds is 7. The summed E-state index contributed by atoms with van der Waals surface area (Å²) in [7, 11) is 1.91. The fourth-order valence-corrected chi connectivity index (χ4v) is 3.93. The second-order valence-electron chi connectivity index (χ2n) is 7.49. The molecule has 0 bridgehead atoms. The second-order valence-corrected chi connectivity index (χ2v) is 7.93. The quantitative estimate of drug-likeness (QED) is 0.608. The van der Waals surface area contributed by atoms with E-state index in [4.69, 9.17) is 16.3 Å². The Morgan fingerprint density at radius 2 is 2.13 bits per heavy atom. The first kappa shape index (κ1) is 21.1. The summed E-state index contributed by atoms with van der Waals surface area (Å²) in [6, 6.07) is 13.3. The third kappa shape index (κ3) is 4.98. The van der Waals surface area contributed by atoms with Crippen molar-refractivity contribution in [2.45, 2.75) is 13.0 Å². The molecule has 1 aliphatic rings. The lowest BCUT2D eigenvalue weighted by atomic mass is 10.2. The number of carbonyl (C=O) groups is 1. The van der Waals surface area contributed by atoms with Gasteiger partial charge in [-0.3, -0.25) is 9.69 Å². The Hall–Kier alpha value is -3.10. The Labute approximate surface area is 186 Å². The number of aromatic nitrogens is 3. The monoisotopic (exact) mass is 440 g/mol. The van der Waals surface area contributed by atoms with Gasteiger partial charge in [-0.25, -0.2) is 9.67 Å². The van der Waals surface area contributed by atoms with Gasteiger partial charge in [0.25, 0.3) is 0 Å². The Morgan fingerprint density at radius 1 is 1.29 bits per heavy atom. The zero-order valence-corrected chi connectivity index (χ0v) is 18.3. The summed E-state index contributed by atoms with van der Waals surface area (Å²) in [4.78, 5) is 20.9. The lowest BCUT2D eigenvalue weighted by Gasteiger charge is -2.37. The van der Waals surface area contributed by atoms with Gasteiger partial charge in [0.1, 0.15) is 24.5 Å². The van der Waals surface area contributed by atoms with Crippen LogP contribution in [0.3, 0.4) is 0 Å². The highest BCUT2D eigenvalue weighted by Gasteiger charge is 2.26. The molecule has 2 aromatic carbocycles. The molecule has 0 aliphatic carbocycles. The van der Waals surface area contributed by atoms with Crippen LogP contribution in [0.1, 0.15) is 6.92 Å². The molecule has 8 nitrogen and oxygen atoms in total. The van der Waals surface area contributed by atoms with Crippen LogP contribution >= 0.6 is 11.6 Å². The summed E-state index contributed by atoms with van der Waals surface area (Å²) in [6.45, 7) is 4.67. The van der Waals surface area contributed by atoms with Crippen LogP contribution in [0.5, 0.6) is 5.75 Å². The van der Waals surface area contributed by atoms with Gasteiger partial charge in [-0.1, -0.05) is 23.7 Å². The molecule has 9 heteroatoms. The number of hydrogen-bond donors (Lipinski definition) is 1. The van der Waals surface area contributed by atoms with Crippen LogP contribution in [0, 0.1) is 0 Å². The zero-order valence-electron chi connectivity index (χ0n) is 17.5. The minimum atomic E-state index is -0.144. The summed E-state index contributed by atoms with van der Waals surface area (Å²) >= 11 is 6.14. The number of fused-ring (bicyclic) bond motifs is 1. The van der Waals surface area contributed by atoms with E-state index >= 15 is 0 Å². The lowest BCUT2D eigenvalue weighted by molar-refractivity contribution is -0.117. The number of para-hydroxylation sites is 2. The fraction of sp³-hybridized carbons (Fsp3) is 0.318. The van der Waals surface area contributed by atoms with Crippen LogP contribution < -0.4 is 15.0 Å². The number of nitrogens with one attached hydrogen (secondary N) is 1. The van der Waals surface area contributed by atoms with Gasteiger partial charge in [-0.2, -0.15) is 5.10 Å². The van der Waals surface area contributed by atoms with Crippen LogP contribution in [-0.2, 0) is 4.79 Å². The maximum absolute atomic E-state index is 12.7. The van der Waals surface area contributed by atoms with E-state index in [9.17, 15) is 4.79 Å². The third-order valence-corrected chi connectivity index (χ3v) is 5.37. The van der Waals surface area contributed by atoms with Gasteiger partial charge in [-0.15, -0.1) is 0 Å². The molecule has 1 atom stereocenters. The smallest absolute Gasteiger partial charge is 0.238 e. The Kier molecular flexibility index (Phi) is 6.39. The van der Waals surface area contributed by atoms with Crippen LogP contribution in [-0.4, -0.2) is 64.9 Å². The average Bonchev–Trinajstić information content (AvgIpc) is 3.27. The van der Waals surface area contributed by atoms with Crippen molar-refractivity contribution in [2.75, 3.05) is 43.4 Å². The van der Waals surface area contributed by atoms with Crippen molar-refractivity contribution in [3.8, 4) is 11.4 Å². The molecule has 1 amide bonds. The van der Waals surface area contributed by atoms with Crippen molar-refractivity contribution in [3.63, 3.8) is 0 Å². The number of ether oxygens (including phenoxy) is 1. The van der Waals surface area contributed by atoms with Crippen molar-refractivity contribution < 1.29 is 9.53 Å². The number of amides is 1. The summed E-state index contributed by atoms with van der Waals surface area (Å²) in [5.41, 5.74) is 2.39. The first-order valence-electron chi connectivity index (χ1n) is 10.2. The SMILES string of the molecule is CCN1CC(CN(C)CC(=O)Nc2cc(Cl)ccc2-n2cncn2)Oc2ccccc21. The van der Waals surface area contributed by atoms with Crippen LogP contribution in [0.2, 0.25) is 5.02 Å². The highest BCUT2D eigenvalue weighted by Crippen LogP contribution is 2.32. The minimum absolute atomic E-state index is 0.0236. The number of carbonyl (C=O) groups excluding carboxylic acids is 1. The van der Waals surface area contributed by atoms with Crippen molar-refractivity contribution in [1.29, 1.82) is 0 Å². The van der Waals surface area contributed by atoms with E-state index in [2.05, 4.69) is 33.3 Å². The third-order valence-electron chi connectivity index (χ3n) is 5.13. The molecular weight excluding hydrogens is 416 g/mol. The van der Waals surface area contributed by atoms with Gasteiger partial charge in [0.15, 0.2) is 0 Å². The maximum Gasteiger partial charge on any atom is 0.238 e. The molecule has 4 rings (SSSR count). The standard InChI is InChI=1S/C22H25ClN6O2/c1-3-28-12-17(31-21-7-5-4-6-20(21)28)11-27(2)13-22(30)26-18-10-16(23)8-9-19(18)29-15-24-14-25-29/h4-10,14-15,17H,3,11-13H2,1-2H3,(H,26,30). The first-order chi connectivity index (χ1) is 15.0. The summed E-state index contributed by atoms with van der Waals surface area (Å²) < 4.78 is 7.75. The van der Waals surface area contributed by atoms with Crippen molar-refractivity contribution in [3.05, 3.63) is 60.1 Å². The van der Waals surface area contributed by atoms with Gasteiger partial charge < -0.3 is 15.0 Å². The van der Waals surface area contributed by atoms with Gasteiger partial charge >= 0.3 is 0 Å². The number of likely N-dealkylation sites (N-methyl/N-ethyl adjacent to an activating group) is 2. The molecule has 1 N–H and O–H groups in total. The predicted molar refractivity (Wildman–Crippen MR) is 121 cm³/mol. The summed E-state index contributed by atoms with van der Waals surface area (Å²) in [6.07, 6.45) is 2.99. The molecule has 2 heterocycles. The maximum atomic E-state index is 12.7. The summed E-state index contributed by atoms with van der Waals surface area (Å²) in [5, 5.41) is 7.60. The zero-order chi connectivity index (χ0) is 21.8. The van der Waals surface area contributed by atoms with Crippen LogP contribution in [0.4, 0.5) is 11.4 Å². The number of hydrogen-bond acceptors (Lipinski definition) is 6. The average molecular weight is 441 g/mol. The number of nitrogens with zero attached hydrogens (tertiary/aromatic N) is 5. The molecule has 0 fully saturated rings. The minimum Gasteiger partial charge on any atom is -0.485 e. The highest BCUT2D eigenvalue weighted by atomic mass is 35.5. The molecule has 1 aliphatic heterocycles. The van der Waals surface area contributed by atoms with Crippen molar-refractivity contribution in [2.24, 2.45) is 0 Å². The predicted octanol–water partition coefficient (Wildman–Crippen LogP) is 3.08. The van der Waals surface area contributed by atoms with Crippen LogP contribution in [0.15, 0.2) is 55.1 Å². The topological polar surface area (TPSA) is 75.5 Å². The first-order valence-corrected chi connectivity index (χ1v) is 10.5. The second kappa shape index (κ2) is 9.36. The van der Waals surface area contributed by atoms with Crippen molar-refractivity contribution in [1.82, 2.24) is 19.7 Å². The van der Waals surface area contributed by atoms with E-state index in [1.54, 1.807) is 29.2 Å². The van der Waals surface area contributed by atoms with Gasteiger partial charge in [0, 0.05) is 18.1 Å². The normalized spacial score (nSPS) is 15.5. The van der Waals surface area contributed by atoms with Gasteiger partial charge in [-0.05, 0) is 44.3 Å². The summed E-state index contributed by atoms with van der Waals surface area (Å²) in [5.74, 6) is 0.740. The van der Waals surface area contributed by atoms with Gasteiger partial charge in [0.05, 0.1) is 30.2 Å². The van der Waals surface area contributed by atoms with E-state index in [0.29, 0.717) is 22.9 Å². The number of anilines is 2. The lowest BCUT2D eigenvalue weighted by Crippen LogP contribution is -2.46. The molecule has 1 aromatic heterocycles. The Morgan fingerprint density at radius 3 is 2.90 bits per heavy atom. The van der Waals surface area contributed by atoms with E-state index in [1.807, 2.05) is 30.1 Å². The molecule has 0 radical (unpaired) electrons. The van der Waals surface area contributed by atoms with E-state index < -0.39 is 0 Å². The largest absolute Gasteiger partial charge is 0.485 e. The van der Waals surface area contributed by atoms with E-state index in [1.165, 1.54) is 6.33 Å². The highest BCUT2D eigenvalue weighted by molar-refractivity contribution is 6.31. The molecule has 0 spiro atoms. The van der Waals surface area contributed by atoms with Crippen LogP contribution in [0.25, 0.3) is 5.69 Å². The molecule has 1 unspecified atom stereocenters. The Balaban J connectivity index is 1.38. The molecule has 3 aromatic rings. The number of benzene rings is 2. The Bertz CT molecular complexity index is 1040. The van der Waals surface area contributed by atoms with Crippen molar-refractivity contribution >= 4 is 28.9 Å². The molecule has 31 heavy (non-hydrogen) atoms. The molecule has 162 valence electrons. The molecule has 0 saturated heterocycles. The number of halogens is 1. The van der Waals surface area contributed by atoms with E-state index in [-0.39, 0.29) is 18.6 Å². The molecule has 0 saturated carbocycles. The molecular formula is C22H25ClN6O2. The fourth-order valence-electron chi connectivity index (χ4n) is 3.76.